The maximum Gasteiger partial charge on any atom is 0.308 e. The minimum atomic E-state index is -0.696. The van der Waals surface area contributed by atoms with Crippen LogP contribution >= 0.6 is 0 Å². The van der Waals surface area contributed by atoms with Crippen LogP contribution in [0.4, 0.5) is 0 Å². The highest BCUT2D eigenvalue weighted by Gasteiger charge is 2.31. The molecule has 0 radical (unpaired) electrons. The summed E-state index contributed by atoms with van der Waals surface area (Å²) in [7, 11) is 0. The van der Waals surface area contributed by atoms with E-state index in [9.17, 15) is 9.90 Å². The van der Waals surface area contributed by atoms with Gasteiger partial charge >= 0.3 is 5.97 Å². The Morgan fingerprint density at radius 3 is 2.71 bits per heavy atom. The van der Waals surface area contributed by atoms with E-state index >= 15 is 0 Å². The number of ether oxygens (including phenoxy) is 3. The molecule has 0 aliphatic carbocycles. The van der Waals surface area contributed by atoms with Crippen molar-refractivity contribution in [1.82, 2.24) is 0 Å². The van der Waals surface area contributed by atoms with Crippen LogP contribution in [0.25, 0.3) is 0 Å². The van der Waals surface area contributed by atoms with Crippen LogP contribution in [0, 0.1) is 0 Å². The topological polar surface area (TPSA) is 65.0 Å². The van der Waals surface area contributed by atoms with E-state index in [1.54, 1.807) is 13.8 Å². The molecule has 1 N–H and O–H groups in total. The Balaban J connectivity index is 2.11. The Kier molecular flexibility index (Phi) is 8.22. The maximum absolute atomic E-state index is 11.7. The quantitative estimate of drug-likeness (QED) is 0.523. The summed E-state index contributed by atoms with van der Waals surface area (Å²) in [5, 5.41) is 9.79. The first-order valence-corrected chi connectivity index (χ1v) is 8.12. The molecule has 5 heteroatoms. The van der Waals surface area contributed by atoms with Crippen LogP contribution in [-0.4, -0.2) is 35.9 Å². The van der Waals surface area contributed by atoms with Gasteiger partial charge < -0.3 is 19.3 Å². The van der Waals surface area contributed by atoms with E-state index in [2.05, 4.69) is 6.92 Å². The van der Waals surface area contributed by atoms with Gasteiger partial charge in [0.1, 0.15) is 0 Å². The lowest BCUT2D eigenvalue weighted by atomic mass is 10.1. The number of unbranched alkanes of at least 4 members (excludes halogenated alkanes) is 2. The van der Waals surface area contributed by atoms with Crippen LogP contribution in [-0.2, 0) is 19.0 Å². The van der Waals surface area contributed by atoms with Crippen molar-refractivity contribution in [1.29, 1.82) is 0 Å². The van der Waals surface area contributed by atoms with Crippen molar-refractivity contribution in [3.63, 3.8) is 0 Å². The molecule has 1 rings (SSSR count). The highest BCUT2D eigenvalue weighted by atomic mass is 16.8. The predicted octanol–water partition coefficient (Wildman–Crippen LogP) is 3.14. The molecule has 0 spiro atoms. The molecule has 1 heterocycles. The Bertz CT molecular complexity index is 303. The standard InChI is InChI=1S/C16H30O5/c1-4-5-6-8-13(17)9-7-10-14(18)20-15-11-12-19-16(2,3)21-15/h13,15,17H,4-12H2,1-3H3. The molecule has 0 aromatic rings. The summed E-state index contributed by atoms with van der Waals surface area (Å²) in [5.74, 6) is -0.961. The molecule has 0 bridgehead atoms. The summed E-state index contributed by atoms with van der Waals surface area (Å²) in [4.78, 5) is 11.7. The van der Waals surface area contributed by atoms with Gasteiger partial charge in [0.05, 0.1) is 12.7 Å². The number of hydrogen-bond donors (Lipinski definition) is 1. The minimum absolute atomic E-state index is 0.265. The summed E-state index contributed by atoms with van der Waals surface area (Å²) in [6, 6.07) is 0. The Labute approximate surface area is 128 Å². The van der Waals surface area contributed by atoms with E-state index in [0.717, 1.165) is 25.7 Å². The predicted molar refractivity (Wildman–Crippen MR) is 79.6 cm³/mol. The molecule has 0 amide bonds. The number of rotatable bonds is 9. The van der Waals surface area contributed by atoms with E-state index in [1.807, 2.05) is 0 Å². The van der Waals surface area contributed by atoms with Crippen LogP contribution in [0.1, 0.15) is 72.1 Å². The van der Waals surface area contributed by atoms with Crippen molar-refractivity contribution in [2.24, 2.45) is 0 Å². The Morgan fingerprint density at radius 1 is 1.33 bits per heavy atom. The van der Waals surface area contributed by atoms with Gasteiger partial charge in [-0.2, -0.15) is 0 Å². The molecule has 1 fully saturated rings. The van der Waals surface area contributed by atoms with Crippen LogP contribution in [0.5, 0.6) is 0 Å². The summed E-state index contributed by atoms with van der Waals surface area (Å²) in [5.41, 5.74) is 0. The first kappa shape index (κ1) is 18.4. The molecular formula is C16H30O5. The van der Waals surface area contributed by atoms with E-state index < -0.39 is 12.1 Å². The van der Waals surface area contributed by atoms with Gasteiger partial charge in [0.25, 0.3) is 0 Å². The van der Waals surface area contributed by atoms with Gasteiger partial charge in [0.2, 0.25) is 6.29 Å². The summed E-state index contributed by atoms with van der Waals surface area (Å²) in [6.07, 6.45) is 5.54. The number of aliphatic hydroxyl groups is 1. The molecule has 0 saturated carbocycles. The van der Waals surface area contributed by atoms with Crippen LogP contribution in [0.3, 0.4) is 0 Å². The molecule has 1 saturated heterocycles. The third-order valence-corrected chi connectivity index (χ3v) is 3.54. The van der Waals surface area contributed by atoms with Gasteiger partial charge in [-0.15, -0.1) is 0 Å². The lowest BCUT2D eigenvalue weighted by molar-refractivity contribution is -0.322. The number of carbonyl (C=O) groups is 1. The number of hydrogen-bond acceptors (Lipinski definition) is 5. The second kappa shape index (κ2) is 9.38. The van der Waals surface area contributed by atoms with Gasteiger partial charge in [0, 0.05) is 12.8 Å². The lowest BCUT2D eigenvalue weighted by Gasteiger charge is -2.35. The molecule has 0 aromatic carbocycles. The van der Waals surface area contributed by atoms with Crippen molar-refractivity contribution >= 4 is 5.97 Å². The third-order valence-electron chi connectivity index (χ3n) is 3.54. The zero-order valence-corrected chi connectivity index (χ0v) is 13.6. The lowest BCUT2D eigenvalue weighted by Crippen LogP contribution is -2.41. The molecule has 124 valence electrons. The average Bonchev–Trinajstić information content (AvgIpc) is 2.37. The highest BCUT2D eigenvalue weighted by Crippen LogP contribution is 2.23. The molecule has 5 nitrogen and oxygen atoms in total. The molecule has 1 aliphatic rings. The minimum Gasteiger partial charge on any atom is -0.436 e. The van der Waals surface area contributed by atoms with Crippen LogP contribution < -0.4 is 0 Å². The first-order valence-electron chi connectivity index (χ1n) is 8.12. The first-order chi connectivity index (χ1) is 9.93. The summed E-state index contributed by atoms with van der Waals surface area (Å²) >= 11 is 0. The van der Waals surface area contributed by atoms with Crippen molar-refractivity contribution in [2.45, 2.75) is 90.3 Å². The molecule has 2 unspecified atom stereocenters. The second-order valence-corrected chi connectivity index (χ2v) is 6.12. The maximum atomic E-state index is 11.7. The molecule has 2 atom stereocenters. The smallest absolute Gasteiger partial charge is 0.308 e. The van der Waals surface area contributed by atoms with Gasteiger partial charge in [0.15, 0.2) is 5.79 Å². The van der Waals surface area contributed by atoms with Crippen molar-refractivity contribution < 1.29 is 24.1 Å². The SMILES string of the molecule is CCCCCC(O)CCCC(=O)OC1CCOC(C)(C)O1. The van der Waals surface area contributed by atoms with E-state index in [0.29, 0.717) is 32.3 Å². The normalized spacial score (nSPS) is 22.8. The highest BCUT2D eigenvalue weighted by molar-refractivity contribution is 5.69. The second-order valence-electron chi connectivity index (χ2n) is 6.12. The number of carbonyl (C=O) groups excluding carboxylic acids is 1. The molecule has 21 heavy (non-hydrogen) atoms. The zero-order chi connectivity index (χ0) is 15.7. The van der Waals surface area contributed by atoms with Crippen molar-refractivity contribution in [2.75, 3.05) is 6.61 Å². The molecular weight excluding hydrogens is 272 g/mol. The van der Waals surface area contributed by atoms with Gasteiger partial charge in [-0.3, -0.25) is 4.79 Å². The van der Waals surface area contributed by atoms with Crippen molar-refractivity contribution in [3.8, 4) is 0 Å². The van der Waals surface area contributed by atoms with Gasteiger partial charge in [-0.25, -0.2) is 0 Å². The number of aliphatic hydroxyl groups excluding tert-OH is 1. The van der Waals surface area contributed by atoms with Crippen LogP contribution in [0.15, 0.2) is 0 Å². The summed E-state index contributed by atoms with van der Waals surface area (Å²) in [6.45, 7) is 6.28. The fourth-order valence-corrected chi connectivity index (χ4v) is 2.36. The fraction of sp³-hybridized carbons (Fsp3) is 0.938. The fourth-order valence-electron chi connectivity index (χ4n) is 2.36. The third kappa shape index (κ3) is 8.39. The van der Waals surface area contributed by atoms with Gasteiger partial charge in [-0.05, 0) is 33.1 Å². The average molecular weight is 302 g/mol. The Hall–Kier alpha value is -0.650. The van der Waals surface area contributed by atoms with Crippen LogP contribution in [0.2, 0.25) is 0 Å². The van der Waals surface area contributed by atoms with E-state index in [-0.39, 0.29) is 12.1 Å². The van der Waals surface area contributed by atoms with Gasteiger partial charge in [-0.1, -0.05) is 26.2 Å². The summed E-state index contributed by atoms with van der Waals surface area (Å²) < 4.78 is 16.2. The monoisotopic (exact) mass is 302 g/mol. The molecule has 0 aromatic heterocycles. The van der Waals surface area contributed by atoms with E-state index in [1.165, 1.54) is 0 Å². The largest absolute Gasteiger partial charge is 0.436 e. The molecule has 1 aliphatic heterocycles. The number of esters is 1. The zero-order valence-electron chi connectivity index (χ0n) is 13.6. The Morgan fingerprint density at radius 2 is 2.05 bits per heavy atom. The van der Waals surface area contributed by atoms with E-state index in [4.69, 9.17) is 14.2 Å². The van der Waals surface area contributed by atoms with Crippen molar-refractivity contribution in [3.05, 3.63) is 0 Å².